The number of benzene rings is 1. The van der Waals surface area contributed by atoms with Crippen molar-refractivity contribution in [3.63, 3.8) is 0 Å². The first-order valence-electron chi connectivity index (χ1n) is 11.7. The van der Waals surface area contributed by atoms with E-state index in [1.54, 1.807) is 30.3 Å². The van der Waals surface area contributed by atoms with Gasteiger partial charge in [0.05, 0.1) is 6.61 Å². The number of hydrogen-bond acceptors (Lipinski definition) is 1. The number of ether oxygens (including phenoxy) is 1. The Morgan fingerprint density at radius 2 is 1.57 bits per heavy atom. The summed E-state index contributed by atoms with van der Waals surface area (Å²) in [5, 5.41) is 0. The van der Waals surface area contributed by atoms with E-state index < -0.39 is 11.6 Å². The van der Waals surface area contributed by atoms with Crippen LogP contribution in [0.15, 0.2) is 12.1 Å². The maximum Gasteiger partial charge on any atom is 0.200 e. The molecule has 0 radical (unpaired) electrons. The van der Waals surface area contributed by atoms with E-state index in [1.165, 1.54) is 44.9 Å². The van der Waals surface area contributed by atoms with E-state index in [-0.39, 0.29) is 14.5 Å². The average Bonchev–Trinajstić information content (AvgIpc) is 2.72. The minimum Gasteiger partial charge on any atom is -0.490 e. The van der Waals surface area contributed by atoms with Crippen LogP contribution in [0.25, 0.3) is 0 Å². The summed E-state index contributed by atoms with van der Waals surface area (Å²) in [6.07, 6.45) is 10.7. The minimum absolute atomic E-state index is 0.0821. The van der Waals surface area contributed by atoms with Gasteiger partial charge in [0.1, 0.15) is 0 Å². The van der Waals surface area contributed by atoms with Crippen molar-refractivity contribution in [3.8, 4) is 5.75 Å². The molecule has 0 atom stereocenters. The van der Waals surface area contributed by atoms with Crippen molar-refractivity contribution in [1.82, 2.24) is 0 Å². The van der Waals surface area contributed by atoms with Crippen LogP contribution in [-0.4, -0.2) is 15.4 Å². The van der Waals surface area contributed by atoms with E-state index in [0.717, 1.165) is 18.3 Å². The molecule has 1 aliphatic carbocycles. The summed E-state index contributed by atoms with van der Waals surface area (Å²) in [5.41, 5.74) is 0.449. The van der Waals surface area contributed by atoms with Gasteiger partial charge in [-0.2, -0.15) is 4.39 Å². The normalized spacial score (nSPS) is 28.3. The van der Waals surface area contributed by atoms with Gasteiger partial charge in [0.15, 0.2) is 11.6 Å². The molecule has 1 aromatic rings. The first-order chi connectivity index (χ1) is 13.6. The molecule has 0 spiro atoms. The predicted molar refractivity (Wildman–Crippen MR) is 116 cm³/mol. The fraction of sp³-hybridized carbons (Fsp3) is 0.750. The molecule has 1 aliphatic heterocycles. The zero-order valence-corrected chi connectivity index (χ0v) is 19.0. The van der Waals surface area contributed by atoms with Gasteiger partial charge in [0, 0.05) is 8.80 Å². The molecule has 1 saturated carbocycles. The Balaban J connectivity index is 1.42. The second-order valence-electron chi connectivity index (χ2n) is 9.26. The van der Waals surface area contributed by atoms with Gasteiger partial charge in [0.25, 0.3) is 0 Å². The summed E-state index contributed by atoms with van der Waals surface area (Å²) < 4.78 is 34.0. The highest BCUT2D eigenvalue weighted by Crippen LogP contribution is 2.41. The molecule has 1 aromatic carbocycles. The highest BCUT2D eigenvalue weighted by atomic mass is 28.3. The van der Waals surface area contributed by atoms with Gasteiger partial charge in [0.2, 0.25) is 5.82 Å². The SMILES string of the molecule is CCCc1ccc(OCC2CCC(C3CC[SiH](CCC)CC3)CC2)c(F)c1F. The van der Waals surface area contributed by atoms with E-state index in [1.807, 2.05) is 6.92 Å². The van der Waals surface area contributed by atoms with Crippen LogP contribution in [0.4, 0.5) is 8.78 Å². The van der Waals surface area contributed by atoms with Crippen molar-refractivity contribution in [2.75, 3.05) is 6.61 Å². The zero-order chi connectivity index (χ0) is 19.9. The van der Waals surface area contributed by atoms with E-state index in [0.29, 0.717) is 24.5 Å². The smallest absolute Gasteiger partial charge is 0.200 e. The Kier molecular flexibility index (Phi) is 8.37. The van der Waals surface area contributed by atoms with Crippen LogP contribution >= 0.6 is 0 Å². The lowest BCUT2D eigenvalue weighted by Gasteiger charge is -2.37. The second kappa shape index (κ2) is 10.8. The Morgan fingerprint density at radius 3 is 2.21 bits per heavy atom. The van der Waals surface area contributed by atoms with Crippen LogP contribution in [0.5, 0.6) is 5.75 Å². The van der Waals surface area contributed by atoms with Crippen LogP contribution in [0.3, 0.4) is 0 Å². The average molecular weight is 409 g/mol. The van der Waals surface area contributed by atoms with Crippen LogP contribution in [0.1, 0.15) is 70.8 Å². The van der Waals surface area contributed by atoms with E-state index in [2.05, 4.69) is 6.92 Å². The predicted octanol–water partition coefficient (Wildman–Crippen LogP) is 7.15. The molecule has 28 heavy (non-hydrogen) atoms. The minimum atomic E-state index is -0.812. The lowest BCUT2D eigenvalue weighted by atomic mass is 9.74. The fourth-order valence-corrected chi connectivity index (χ4v) is 9.02. The largest absolute Gasteiger partial charge is 0.490 e. The number of rotatable bonds is 8. The highest BCUT2D eigenvalue weighted by Gasteiger charge is 2.31. The monoisotopic (exact) mass is 408 g/mol. The van der Waals surface area contributed by atoms with Crippen LogP contribution in [-0.2, 0) is 6.42 Å². The molecule has 3 rings (SSSR count). The Bertz CT molecular complexity index is 605. The number of aryl methyl sites for hydroxylation is 1. The topological polar surface area (TPSA) is 9.23 Å². The first kappa shape index (κ1) is 21.8. The van der Waals surface area contributed by atoms with Gasteiger partial charge in [-0.15, -0.1) is 0 Å². The lowest BCUT2D eigenvalue weighted by Crippen LogP contribution is -2.29. The zero-order valence-electron chi connectivity index (χ0n) is 17.8. The molecule has 1 saturated heterocycles. The fourth-order valence-electron chi connectivity index (χ4n) is 5.54. The molecule has 0 amide bonds. The summed E-state index contributed by atoms with van der Waals surface area (Å²) in [5.74, 6) is 0.881. The first-order valence-corrected chi connectivity index (χ1v) is 14.2. The summed E-state index contributed by atoms with van der Waals surface area (Å²) >= 11 is 0. The molecule has 1 nitrogen and oxygen atoms in total. The third-order valence-electron chi connectivity index (χ3n) is 7.27. The van der Waals surface area contributed by atoms with Gasteiger partial charge in [-0.25, -0.2) is 4.39 Å². The standard InChI is InChI=1S/C24H38F2OSi/c1-3-5-21-10-11-22(24(26)23(21)25)27-17-18-6-8-19(9-7-18)20-12-15-28(14-4-2)16-13-20/h10-11,18-20,28H,3-9,12-17H2,1-2H3. The maximum absolute atomic E-state index is 14.2. The van der Waals surface area contributed by atoms with Crippen LogP contribution in [0.2, 0.25) is 18.1 Å². The van der Waals surface area contributed by atoms with Gasteiger partial charge in [-0.3, -0.25) is 0 Å². The summed E-state index contributed by atoms with van der Waals surface area (Å²) in [7, 11) is -0.381. The highest BCUT2D eigenvalue weighted by molar-refractivity contribution is 6.58. The Labute approximate surface area is 171 Å². The van der Waals surface area contributed by atoms with E-state index in [4.69, 9.17) is 4.74 Å². The van der Waals surface area contributed by atoms with Crippen molar-refractivity contribution in [1.29, 1.82) is 0 Å². The molecule has 0 unspecified atom stereocenters. The molecular weight excluding hydrogens is 370 g/mol. The lowest BCUT2D eigenvalue weighted by molar-refractivity contribution is 0.145. The molecule has 0 aromatic heterocycles. The van der Waals surface area contributed by atoms with Crippen molar-refractivity contribution in [2.45, 2.75) is 89.8 Å². The molecular formula is C24H38F2OSi. The quantitative estimate of drug-likeness (QED) is 0.415. The molecule has 1 heterocycles. The van der Waals surface area contributed by atoms with E-state index >= 15 is 0 Å². The number of halogens is 2. The molecule has 2 aliphatic rings. The molecule has 0 N–H and O–H groups in total. The molecule has 158 valence electrons. The van der Waals surface area contributed by atoms with Crippen molar-refractivity contribution < 1.29 is 13.5 Å². The van der Waals surface area contributed by atoms with Crippen LogP contribution < -0.4 is 4.74 Å². The third-order valence-corrected chi connectivity index (χ3v) is 11.0. The van der Waals surface area contributed by atoms with Gasteiger partial charge in [-0.1, -0.05) is 63.7 Å². The number of hydrogen-bond donors (Lipinski definition) is 0. The molecule has 0 bridgehead atoms. The Hall–Kier alpha value is -0.903. The second-order valence-corrected chi connectivity index (χ2v) is 12.7. The maximum atomic E-state index is 14.2. The summed E-state index contributed by atoms with van der Waals surface area (Å²) in [4.78, 5) is 0. The third kappa shape index (κ3) is 5.58. The van der Waals surface area contributed by atoms with Crippen LogP contribution in [0, 0.1) is 29.4 Å². The van der Waals surface area contributed by atoms with Gasteiger partial charge in [-0.05, 0) is 61.5 Å². The van der Waals surface area contributed by atoms with Crippen molar-refractivity contribution in [2.24, 2.45) is 17.8 Å². The molecule has 2 fully saturated rings. The molecule has 4 heteroatoms. The van der Waals surface area contributed by atoms with E-state index in [9.17, 15) is 8.78 Å². The summed E-state index contributed by atoms with van der Waals surface area (Å²) in [6.45, 7) is 4.82. The van der Waals surface area contributed by atoms with Gasteiger partial charge < -0.3 is 4.74 Å². The van der Waals surface area contributed by atoms with Crippen molar-refractivity contribution >= 4 is 8.80 Å². The summed E-state index contributed by atoms with van der Waals surface area (Å²) in [6, 6.07) is 7.97. The van der Waals surface area contributed by atoms with Gasteiger partial charge >= 0.3 is 0 Å². The Morgan fingerprint density at radius 1 is 0.893 bits per heavy atom. The van der Waals surface area contributed by atoms with Crippen molar-refractivity contribution in [3.05, 3.63) is 29.3 Å².